The van der Waals surface area contributed by atoms with Crippen LogP contribution in [0.15, 0.2) is 53.4 Å². The SMILES string of the molecule is Cc1ccc(S(=O)(=O)N(C)CC(=O)NNC(=O)c2cccc(I)c2)cc1. The molecule has 2 N–H and O–H groups in total. The van der Waals surface area contributed by atoms with Crippen molar-refractivity contribution in [1.29, 1.82) is 0 Å². The van der Waals surface area contributed by atoms with Crippen molar-refractivity contribution in [2.24, 2.45) is 0 Å². The second kappa shape index (κ2) is 8.60. The van der Waals surface area contributed by atoms with E-state index in [0.717, 1.165) is 13.4 Å². The Morgan fingerprint density at radius 2 is 1.73 bits per heavy atom. The van der Waals surface area contributed by atoms with Gasteiger partial charge in [0, 0.05) is 16.2 Å². The van der Waals surface area contributed by atoms with Crippen LogP contribution in [0.2, 0.25) is 0 Å². The highest BCUT2D eigenvalue weighted by molar-refractivity contribution is 14.1. The number of nitrogens with one attached hydrogen (secondary N) is 2. The van der Waals surface area contributed by atoms with Crippen LogP contribution in [-0.4, -0.2) is 38.1 Å². The van der Waals surface area contributed by atoms with Crippen LogP contribution < -0.4 is 10.9 Å². The average molecular weight is 487 g/mol. The zero-order valence-corrected chi connectivity index (χ0v) is 17.2. The van der Waals surface area contributed by atoms with Gasteiger partial charge in [0.1, 0.15) is 0 Å². The van der Waals surface area contributed by atoms with Gasteiger partial charge in [0.05, 0.1) is 11.4 Å². The van der Waals surface area contributed by atoms with Gasteiger partial charge in [0.15, 0.2) is 0 Å². The molecule has 7 nitrogen and oxygen atoms in total. The maximum absolute atomic E-state index is 12.4. The zero-order chi connectivity index (χ0) is 19.3. The van der Waals surface area contributed by atoms with Crippen molar-refractivity contribution in [2.45, 2.75) is 11.8 Å². The number of hydrogen-bond acceptors (Lipinski definition) is 4. The maximum atomic E-state index is 12.4. The standard InChI is InChI=1S/C17H18IN3O4S/c1-12-6-8-15(9-7-12)26(24,25)21(2)11-16(22)19-20-17(23)13-4-3-5-14(18)10-13/h3-10H,11H2,1-2H3,(H,19,22)(H,20,23). The van der Waals surface area contributed by atoms with Crippen LogP contribution in [0, 0.1) is 10.5 Å². The van der Waals surface area contributed by atoms with E-state index in [1.807, 2.05) is 13.0 Å². The fourth-order valence-electron chi connectivity index (χ4n) is 2.05. The number of sulfonamides is 1. The van der Waals surface area contributed by atoms with Crippen LogP contribution in [0.25, 0.3) is 0 Å². The molecule has 2 amide bonds. The highest BCUT2D eigenvalue weighted by atomic mass is 127. The third-order valence-electron chi connectivity index (χ3n) is 3.50. The predicted molar refractivity (Wildman–Crippen MR) is 106 cm³/mol. The number of hydrogen-bond donors (Lipinski definition) is 2. The van der Waals surface area contributed by atoms with Crippen molar-refractivity contribution in [3.63, 3.8) is 0 Å². The number of carbonyl (C=O) groups is 2. The molecular formula is C17H18IN3O4S. The van der Waals surface area contributed by atoms with Crippen LogP contribution >= 0.6 is 22.6 Å². The van der Waals surface area contributed by atoms with Gasteiger partial charge in [0.2, 0.25) is 10.0 Å². The van der Waals surface area contributed by atoms with Crippen LogP contribution in [0.4, 0.5) is 0 Å². The molecule has 0 heterocycles. The summed E-state index contributed by atoms with van der Waals surface area (Å²) in [5, 5.41) is 0. The Morgan fingerprint density at radius 3 is 2.35 bits per heavy atom. The molecule has 0 unspecified atom stereocenters. The molecule has 138 valence electrons. The van der Waals surface area contributed by atoms with Crippen molar-refractivity contribution in [1.82, 2.24) is 15.2 Å². The molecule has 2 aromatic rings. The molecule has 0 bridgehead atoms. The van der Waals surface area contributed by atoms with E-state index >= 15 is 0 Å². The van der Waals surface area contributed by atoms with E-state index in [0.29, 0.717) is 5.56 Å². The first-order chi connectivity index (χ1) is 12.2. The summed E-state index contributed by atoms with van der Waals surface area (Å²) in [6.07, 6.45) is 0. The normalized spacial score (nSPS) is 11.2. The minimum absolute atomic E-state index is 0.0984. The first-order valence-electron chi connectivity index (χ1n) is 7.58. The summed E-state index contributed by atoms with van der Waals surface area (Å²) >= 11 is 2.07. The van der Waals surface area contributed by atoms with E-state index in [1.165, 1.54) is 19.2 Å². The summed E-state index contributed by atoms with van der Waals surface area (Å²) in [6, 6.07) is 13.2. The van der Waals surface area contributed by atoms with Gasteiger partial charge in [-0.1, -0.05) is 23.8 Å². The maximum Gasteiger partial charge on any atom is 0.269 e. The van der Waals surface area contributed by atoms with Crippen molar-refractivity contribution in [3.05, 3.63) is 63.2 Å². The molecule has 0 saturated heterocycles. The fourth-order valence-corrected chi connectivity index (χ4v) is 3.72. The number of halogens is 1. The Morgan fingerprint density at radius 1 is 1.08 bits per heavy atom. The van der Waals surface area contributed by atoms with Crippen molar-refractivity contribution < 1.29 is 18.0 Å². The second-order valence-electron chi connectivity index (χ2n) is 5.59. The minimum Gasteiger partial charge on any atom is -0.272 e. The van der Waals surface area contributed by atoms with Gasteiger partial charge >= 0.3 is 0 Å². The van der Waals surface area contributed by atoms with Gasteiger partial charge in [-0.15, -0.1) is 0 Å². The fraction of sp³-hybridized carbons (Fsp3) is 0.176. The monoisotopic (exact) mass is 487 g/mol. The lowest BCUT2D eigenvalue weighted by atomic mass is 10.2. The van der Waals surface area contributed by atoms with Crippen LogP contribution in [0.5, 0.6) is 0 Å². The second-order valence-corrected chi connectivity index (χ2v) is 8.88. The summed E-state index contributed by atoms with van der Waals surface area (Å²) in [7, 11) is -2.49. The smallest absolute Gasteiger partial charge is 0.269 e. The van der Waals surface area contributed by atoms with Gasteiger partial charge < -0.3 is 0 Å². The lowest BCUT2D eigenvalue weighted by molar-refractivity contribution is -0.121. The molecule has 0 aliphatic carbocycles. The Bertz CT molecular complexity index is 914. The summed E-state index contributed by atoms with van der Waals surface area (Å²) in [6.45, 7) is 1.42. The molecule has 26 heavy (non-hydrogen) atoms. The van der Waals surface area contributed by atoms with E-state index < -0.39 is 28.4 Å². The highest BCUT2D eigenvalue weighted by Crippen LogP contribution is 2.14. The molecule has 0 radical (unpaired) electrons. The number of hydrazine groups is 1. The Hall–Kier alpha value is -1.98. The first-order valence-corrected chi connectivity index (χ1v) is 10.1. The topological polar surface area (TPSA) is 95.6 Å². The number of benzene rings is 2. The number of likely N-dealkylation sites (N-methyl/N-ethyl adjacent to an activating group) is 1. The van der Waals surface area contributed by atoms with Gasteiger partial charge in [-0.05, 0) is 59.8 Å². The quantitative estimate of drug-likeness (QED) is 0.496. The van der Waals surface area contributed by atoms with E-state index in [-0.39, 0.29) is 4.90 Å². The Balaban J connectivity index is 1.94. The van der Waals surface area contributed by atoms with E-state index in [2.05, 4.69) is 33.4 Å². The third-order valence-corrected chi connectivity index (χ3v) is 5.99. The Kier molecular flexibility index (Phi) is 6.73. The molecular weight excluding hydrogens is 469 g/mol. The zero-order valence-electron chi connectivity index (χ0n) is 14.2. The van der Waals surface area contributed by atoms with Crippen molar-refractivity contribution in [3.8, 4) is 0 Å². The molecule has 0 saturated carbocycles. The lowest BCUT2D eigenvalue weighted by Gasteiger charge is -2.17. The average Bonchev–Trinajstić information content (AvgIpc) is 2.60. The number of carbonyl (C=O) groups excluding carboxylic acids is 2. The largest absolute Gasteiger partial charge is 0.272 e. The first kappa shape index (κ1) is 20.3. The van der Waals surface area contributed by atoms with Crippen LogP contribution in [0.1, 0.15) is 15.9 Å². The predicted octanol–water partition coefficient (Wildman–Crippen LogP) is 1.68. The number of rotatable bonds is 5. The molecule has 0 spiro atoms. The summed E-state index contributed by atoms with van der Waals surface area (Å²) < 4.78 is 26.7. The minimum atomic E-state index is -3.79. The lowest BCUT2D eigenvalue weighted by Crippen LogP contribution is -2.46. The van der Waals surface area contributed by atoms with E-state index in [1.54, 1.807) is 30.3 Å². The molecule has 2 aromatic carbocycles. The van der Waals surface area contributed by atoms with Crippen molar-refractivity contribution >= 4 is 44.4 Å². The number of amides is 2. The summed E-state index contributed by atoms with van der Waals surface area (Å²) in [4.78, 5) is 24.0. The molecule has 0 aliphatic rings. The number of nitrogens with zero attached hydrogens (tertiary/aromatic N) is 1. The van der Waals surface area contributed by atoms with Crippen LogP contribution in [-0.2, 0) is 14.8 Å². The molecule has 9 heteroatoms. The third kappa shape index (κ3) is 5.26. The van der Waals surface area contributed by atoms with Gasteiger partial charge in [0.25, 0.3) is 11.8 Å². The summed E-state index contributed by atoms with van der Waals surface area (Å²) in [5.41, 5.74) is 5.80. The highest BCUT2D eigenvalue weighted by Gasteiger charge is 2.23. The summed E-state index contributed by atoms with van der Waals surface area (Å²) in [5.74, 6) is -1.14. The van der Waals surface area contributed by atoms with E-state index in [9.17, 15) is 18.0 Å². The van der Waals surface area contributed by atoms with Gasteiger partial charge in [-0.25, -0.2) is 8.42 Å². The molecule has 2 rings (SSSR count). The Labute approximate surface area is 165 Å². The van der Waals surface area contributed by atoms with Gasteiger partial charge in [-0.3, -0.25) is 20.4 Å². The van der Waals surface area contributed by atoms with Gasteiger partial charge in [-0.2, -0.15) is 4.31 Å². The molecule has 0 aromatic heterocycles. The molecule has 0 aliphatic heterocycles. The molecule has 0 fully saturated rings. The molecule has 0 atom stereocenters. The van der Waals surface area contributed by atoms with E-state index in [4.69, 9.17) is 0 Å². The van der Waals surface area contributed by atoms with Crippen LogP contribution in [0.3, 0.4) is 0 Å². The van der Waals surface area contributed by atoms with Crippen molar-refractivity contribution in [2.75, 3.05) is 13.6 Å². The number of aryl methyl sites for hydroxylation is 1.